The molecule has 1 saturated heterocycles. The lowest BCUT2D eigenvalue weighted by molar-refractivity contribution is -0.128. The van der Waals surface area contributed by atoms with Crippen LogP contribution in [-0.4, -0.2) is 28.3 Å². The van der Waals surface area contributed by atoms with Crippen molar-refractivity contribution in [1.82, 2.24) is 9.88 Å². The summed E-state index contributed by atoms with van der Waals surface area (Å²) in [5.41, 5.74) is 3.02. The fourth-order valence-electron chi connectivity index (χ4n) is 2.16. The van der Waals surface area contributed by atoms with E-state index in [-0.39, 0.29) is 5.92 Å². The number of thiazole rings is 1. The minimum atomic E-state index is 0.168. The summed E-state index contributed by atoms with van der Waals surface area (Å²) in [6.07, 6.45) is 0.698. The van der Waals surface area contributed by atoms with Crippen molar-refractivity contribution in [3.63, 3.8) is 0 Å². The molecular weight excluding hydrogens is 220 g/mol. The average molecular weight is 238 g/mol. The molecule has 4 heteroatoms. The Balaban J connectivity index is 2.06. The first-order chi connectivity index (χ1) is 7.59. The van der Waals surface area contributed by atoms with Crippen molar-refractivity contribution in [3.8, 4) is 0 Å². The van der Waals surface area contributed by atoms with Crippen molar-refractivity contribution >= 4 is 17.1 Å². The number of hydrogen-bond acceptors (Lipinski definition) is 4. The van der Waals surface area contributed by atoms with E-state index in [1.807, 2.05) is 12.4 Å². The van der Waals surface area contributed by atoms with Crippen LogP contribution in [0.4, 0.5) is 0 Å². The fraction of sp³-hybridized carbons (Fsp3) is 0.667. The fourth-order valence-corrected chi connectivity index (χ4v) is 2.96. The summed E-state index contributed by atoms with van der Waals surface area (Å²) in [4.78, 5) is 19.6. The average Bonchev–Trinajstić information content (AvgIpc) is 2.65. The topological polar surface area (TPSA) is 33.2 Å². The quantitative estimate of drug-likeness (QED) is 0.792. The van der Waals surface area contributed by atoms with Gasteiger partial charge in [0.05, 0.1) is 11.2 Å². The predicted molar refractivity (Wildman–Crippen MR) is 65.5 cm³/mol. The molecule has 0 aromatic carbocycles. The van der Waals surface area contributed by atoms with E-state index in [1.165, 1.54) is 4.88 Å². The van der Waals surface area contributed by atoms with E-state index in [0.29, 0.717) is 18.2 Å². The van der Waals surface area contributed by atoms with E-state index in [0.717, 1.165) is 18.8 Å². The molecule has 1 aromatic heterocycles. The first-order valence-electron chi connectivity index (χ1n) is 5.75. The first-order valence-corrected chi connectivity index (χ1v) is 6.63. The molecule has 16 heavy (non-hydrogen) atoms. The number of aromatic nitrogens is 1. The molecule has 0 radical (unpaired) electrons. The molecule has 2 rings (SSSR count). The van der Waals surface area contributed by atoms with Crippen molar-refractivity contribution in [3.05, 3.63) is 16.1 Å². The van der Waals surface area contributed by atoms with Gasteiger partial charge in [0, 0.05) is 36.3 Å². The number of carbonyl (C=O) groups is 1. The number of carbonyl (C=O) groups excluding carboxylic acids is 1. The highest BCUT2D eigenvalue weighted by atomic mass is 32.1. The Morgan fingerprint density at radius 1 is 1.56 bits per heavy atom. The Morgan fingerprint density at radius 2 is 2.31 bits per heavy atom. The van der Waals surface area contributed by atoms with Crippen LogP contribution in [0.25, 0.3) is 0 Å². The van der Waals surface area contributed by atoms with Crippen molar-refractivity contribution in [2.24, 2.45) is 5.92 Å². The Bertz CT molecular complexity index is 388. The standard InChI is InChI=1S/C12H18N2OS/c1-8-10(3)14(5-4-11(8)15)6-12-9(2)13-7-16-12/h7-8,10H,4-6H2,1-3H3. The number of likely N-dealkylation sites (tertiary alicyclic amines) is 1. The van der Waals surface area contributed by atoms with Gasteiger partial charge in [-0.05, 0) is 13.8 Å². The van der Waals surface area contributed by atoms with Crippen LogP contribution in [0.3, 0.4) is 0 Å². The Labute approximate surface area is 100 Å². The molecule has 0 aliphatic carbocycles. The highest BCUT2D eigenvalue weighted by Gasteiger charge is 2.30. The summed E-state index contributed by atoms with van der Waals surface area (Å²) < 4.78 is 0. The van der Waals surface area contributed by atoms with E-state index >= 15 is 0 Å². The van der Waals surface area contributed by atoms with E-state index < -0.39 is 0 Å². The summed E-state index contributed by atoms with van der Waals surface area (Å²) in [5.74, 6) is 0.576. The van der Waals surface area contributed by atoms with Crippen LogP contribution in [0.2, 0.25) is 0 Å². The number of nitrogens with zero attached hydrogens (tertiary/aromatic N) is 2. The molecule has 0 spiro atoms. The maximum Gasteiger partial charge on any atom is 0.138 e. The summed E-state index contributed by atoms with van der Waals surface area (Å²) in [6, 6.07) is 0.350. The first kappa shape index (κ1) is 11.7. The van der Waals surface area contributed by atoms with Gasteiger partial charge in [-0.25, -0.2) is 4.98 Å². The molecular formula is C12H18N2OS. The zero-order valence-electron chi connectivity index (χ0n) is 10.1. The lowest BCUT2D eigenvalue weighted by Gasteiger charge is -2.36. The zero-order valence-corrected chi connectivity index (χ0v) is 10.9. The molecule has 1 aromatic rings. The largest absolute Gasteiger partial charge is 0.299 e. The van der Waals surface area contributed by atoms with Gasteiger partial charge in [-0.1, -0.05) is 6.92 Å². The minimum absolute atomic E-state index is 0.168. The summed E-state index contributed by atoms with van der Waals surface area (Å²) in [7, 11) is 0. The lowest BCUT2D eigenvalue weighted by atomic mass is 9.91. The van der Waals surface area contributed by atoms with Crippen molar-refractivity contribution < 1.29 is 4.79 Å². The zero-order chi connectivity index (χ0) is 11.7. The third-order valence-corrected chi connectivity index (χ3v) is 4.56. The third-order valence-electron chi connectivity index (χ3n) is 3.64. The van der Waals surface area contributed by atoms with Crippen LogP contribution in [0, 0.1) is 12.8 Å². The van der Waals surface area contributed by atoms with E-state index in [9.17, 15) is 4.79 Å². The highest BCUT2D eigenvalue weighted by Crippen LogP contribution is 2.24. The van der Waals surface area contributed by atoms with Gasteiger partial charge in [0.1, 0.15) is 5.78 Å². The van der Waals surface area contributed by atoms with Crippen LogP contribution in [0.1, 0.15) is 30.8 Å². The minimum Gasteiger partial charge on any atom is -0.299 e. The molecule has 3 nitrogen and oxygen atoms in total. The smallest absolute Gasteiger partial charge is 0.138 e. The molecule has 2 atom stereocenters. The Hall–Kier alpha value is -0.740. The predicted octanol–water partition coefficient (Wildman–Crippen LogP) is 2.25. The molecule has 1 aliphatic heterocycles. The van der Waals surface area contributed by atoms with Crippen molar-refractivity contribution in [2.45, 2.75) is 39.8 Å². The van der Waals surface area contributed by atoms with Gasteiger partial charge in [0.15, 0.2) is 0 Å². The molecule has 0 N–H and O–H groups in total. The van der Waals surface area contributed by atoms with E-state index in [1.54, 1.807) is 11.3 Å². The van der Waals surface area contributed by atoms with Crippen LogP contribution < -0.4 is 0 Å². The second-order valence-corrected chi connectivity index (χ2v) is 5.52. The monoisotopic (exact) mass is 238 g/mol. The maximum absolute atomic E-state index is 11.6. The maximum atomic E-state index is 11.6. The number of piperidine rings is 1. The van der Waals surface area contributed by atoms with Gasteiger partial charge in [-0.15, -0.1) is 11.3 Å². The second kappa shape index (κ2) is 4.63. The van der Waals surface area contributed by atoms with Crippen molar-refractivity contribution in [1.29, 1.82) is 0 Å². The van der Waals surface area contributed by atoms with Crippen molar-refractivity contribution in [2.75, 3.05) is 6.54 Å². The van der Waals surface area contributed by atoms with Crippen LogP contribution in [0.15, 0.2) is 5.51 Å². The second-order valence-electron chi connectivity index (χ2n) is 4.58. The van der Waals surface area contributed by atoms with Gasteiger partial charge in [-0.3, -0.25) is 9.69 Å². The molecule has 0 saturated carbocycles. The number of aryl methyl sites for hydroxylation is 1. The van der Waals surface area contributed by atoms with Gasteiger partial charge in [0.2, 0.25) is 0 Å². The molecule has 0 bridgehead atoms. The number of rotatable bonds is 2. The van der Waals surface area contributed by atoms with E-state index in [4.69, 9.17) is 0 Å². The highest BCUT2D eigenvalue weighted by molar-refractivity contribution is 7.09. The van der Waals surface area contributed by atoms with Crippen LogP contribution >= 0.6 is 11.3 Å². The SMILES string of the molecule is Cc1ncsc1CN1CCC(=O)C(C)C1C. The molecule has 0 amide bonds. The lowest BCUT2D eigenvalue weighted by Crippen LogP contribution is -2.46. The van der Waals surface area contributed by atoms with Gasteiger partial charge in [0.25, 0.3) is 0 Å². The number of Topliss-reactive ketones (excluding diaryl/α,β-unsaturated/α-hetero) is 1. The third kappa shape index (κ3) is 2.18. The van der Waals surface area contributed by atoms with Crippen LogP contribution in [0.5, 0.6) is 0 Å². The normalized spacial score (nSPS) is 27.3. The van der Waals surface area contributed by atoms with Gasteiger partial charge >= 0.3 is 0 Å². The Morgan fingerprint density at radius 3 is 2.94 bits per heavy atom. The number of hydrogen-bond donors (Lipinski definition) is 0. The van der Waals surface area contributed by atoms with Gasteiger partial charge < -0.3 is 0 Å². The molecule has 2 heterocycles. The van der Waals surface area contributed by atoms with Crippen LogP contribution in [-0.2, 0) is 11.3 Å². The molecule has 1 fully saturated rings. The molecule has 1 aliphatic rings. The van der Waals surface area contributed by atoms with E-state index in [2.05, 4.69) is 23.7 Å². The summed E-state index contributed by atoms with van der Waals surface area (Å²) in [6.45, 7) is 8.07. The summed E-state index contributed by atoms with van der Waals surface area (Å²) >= 11 is 1.71. The molecule has 2 unspecified atom stereocenters. The summed E-state index contributed by atoms with van der Waals surface area (Å²) in [5, 5.41) is 0. The van der Waals surface area contributed by atoms with Gasteiger partial charge in [-0.2, -0.15) is 0 Å². The molecule has 88 valence electrons. The Kier molecular flexibility index (Phi) is 3.40. The number of ketones is 1.